The molecule has 1 fully saturated rings. The Bertz CT molecular complexity index is 136. The highest BCUT2D eigenvalue weighted by Crippen LogP contribution is 2.47. The standard InChI is InChI=1S/C9H18O2/c1-4-7-5-9(2,11-3)8(7)6-10/h7-8,10H,4-6H2,1-3H3/t7-,8+,9?/m0/s1. The first-order chi connectivity index (χ1) is 5.18. The van der Waals surface area contributed by atoms with E-state index in [0.29, 0.717) is 11.8 Å². The van der Waals surface area contributed by atoms with Crippen molar-refractivity contribution in [1.82, 2.24) is 0 Å². The van der Waals surface area contributed by atoms with E-state index < -0.39 is 0 Å². The van der Waals surface area contributed by atoms with Gasteiger partial charge >= 0.3 is 0 Å². The molecule has 66 valence electrons. The number of aliphatic hydroxyl groups excluding tert-OH is 1. The van der Waals surface area contributed by atoms with Gasteiger partial charge in [0.05, 0.1) is 5.60 Å². The fourth-order valence-electron chi connectivity index (χ4n) is 2.16. The summed E-state index contributed by atoms with van der Waals surface area (Å²) in [6.07, 6.45) is 2.26. The Morgan fingerprint density at radius 2 is 2.27 bits per heavy atom. The Morgan fingerprint density at radius 3 is 2.64 bits per heavy atom. The largest absolute Gasteiger partial charge is 0.396 e. The molecule has 1 unspecified atom stereocenters. The van der Waals surface area contributed by atoms with Gasteiger partial charge in [-0.25, -0.2) is 0 Å². The summed E-state index contributed by atoms with van der Waals surface area (Å²) in [5.74, 6) is 1.03. The van der Waals surface area contributed by atoms with Crippen LogP contribution in [-0.4, -0.2) is 24.4 Å². The second kappa shape index (κ2) is 3.11. The average molecular weight is 158 g/mol. The molecule has 3 atom stereocenters. The van der Waals surface area contributed by atoms with Crippen LogP contribution in [0.3, 0.4) is 0 Å². The van der Waals surface area contributed by atoms with Crippen molar-refractivity contribution in [2.24, 2.45) is 11.8 Å². The third-order valence-electron chi connectivity index (χ3n) is 3.21. The molecule has 0 aliphatic heterocycles. The van der Waals surface area contributed by atoms with Crippen molar-refractivity contribution in [2.75, 3.05) is 13.7 Å². The SMILES string of the molecule is CC[C@H]1CC(C)(OC)[C@@H]1CO. The van der Waals surface area contributed by atoms with Gasteiger partial charge in [-0.2, -0.15) is 0 Å². The third-order valence-corrected chi connectivity index (χ3v) is 3.21. The summed E-state index contributed by atoms with van der Waals surface area (Å²) in [7, 11) is 1.73. The van der Waals surface area contributed by atoms with E-state index in [0.717, 1.165) is 12.8 Å². The topological polar surface area (TPSA) is 29.5 Å². The van der Waals surface area contributed by atoms with Crippen molar-refractivity contribution in [3.05, 3.63) is 0 Å². The first-order valence-corrected chi connectivity index (χ1v) is 4.34. The van der Waals surface area contributed by atoms with E-state index in [-0.39, 0.29) is 12.2 Å². The maximum atomic E-state index is 9.07. The second-order valence-corrected chi connectivity index (χ2v) is 3.68. The van der Waals surface area contributed by atoms with Crippen LogP contribution in [0.15, 0.2) is 0 Å². The van der Waals surface area contributed by atoms with Gasteiger partial charge < -0.3 is 9.84 Å². The summed E-state index contributed by atoms with van der Waals surface area (Å²) < 4.78 is 5.35. The molecule has 0 aromatic carbocycles. The molecule has 1 N–H and O–H groups in total. The van der Waals surface area contributed by atoms with Gasteiger partial charge in [-0.3, -0.25) is 0 Å². The van der Waals surface area contributed by atoms with Gasteiger partial charge in [-0.05, 0) is 19.3 Å². The Hall–Kier alpha value is -0.0800. The molecule has 0 radical (unpaired) electrons. The average Bonchev–Trinajstić information content (AvgIpc) is 2.00. The molecule has 2 nitrogen and oxygen atoms in total. The quantitative estimate of drug-likeness (QED) is 0.673. The highest BCUT2D eigenvalue weighted by atomic mass is 16.5. The lowest BCUT2D eigenvalue weighted by Crippen LogP contribution is -2.54. The predicted molar refractivity (Wildman–Crippen MR) is 44.4 cm³/mol. The summed E-state index contributed by atoms with van der Waals surface area (Å²) in [4.78, 5) is 0. The van der Waals surface area contributed by atoms with Crippen LogP contribution >= 0.6 is 0 Å². The van der Waals surface area contributed by atoms with E-state index in [1.165, 1.54) is 0 Å². The number of rotatable bonds is 3. The zero-order valence-electron chi connectivity index (χ0n) is 7.63. The molecular weight excluding hydrogens is 140 g/mol. The molecule has 0 aromatic heterocycles. The lowest BCUT2D eigenvalue weighted by Gasteiger charge is -2.51. The van der Waals surface area contributed by atoms with Crippen LogP contribution in [0.2, 0.25) is 0 Å². The maximum absolute atomic E-state index is 9.07. The smallest absolute Gasteiger partial charge is 0.0706 e. The molecular formula is C9H18O2. The highest BCUT2D eigenvalue weighted by Gasteiger charge is 2.49. The van der Waals surface area contributed by atoms with Crippen LogP contribution in [0.25, 0.3) is 0 Å². The molecule has 0 heterocycles. The molecule has 0 aromatic rings. The van der Waals surface area contributed by atoms with Crippen molar-refractivity contribution in [3.8, 4) is 0 Å². The third kappa shape index (κ3) is 1.30. The van der Waals surface area contributed by atoms with Crippen LogP contribution in [0, 0.1) is 11.8 Å². The normalized spacial score (nSPS) is 43.6. The minimum atomic E-state index is -0.0462. The van der Waals surface area contributed by atoms with E-state index >= 15 is 0 Å². The summed E-state index contributed by atoms with van der Waals surface area (Å²) in [5, 5.41) is 9.07. The van der Waals surface area contributed by atoms with Crippen LogP contribution in [-0.2, 0) is 4.74 Å². The van der Waals surface area contributed by atoms with Gasteiger partial charge in [-0.15, -0.1) is 0 Å². The number of aliphatic hydroxyl groups is 1. The molecule has 0 bridgehead atoms. The molecule has 0 saturated heterocycles. The minimum Gasteiger partial charge on any atom is -0.396 e. The zero-order chi connectivity index (χ0) is 8.48. The van der Waals surface area contributed by atoms with Crippen LogP contribution < -0.4 is 0 Å². The Morgan fingerprint density at radius 1 is 1.64 bits per heavy atom. The van der Waals surface area contributed by atoms with Crippen molar-refractivity contribution < 1.29 is 9.84 Å². The van der Waals surface area contributed by atoms with Gasteiger partial charge in [0.15, 0.2) is 0 Å². The van der Waals surface area contributed by atoms with Crippen LogP contribution in [0.4, 0.5) is 0 Å². The van der Waals surface area contributed by atoms with Crippen molar-refractivity contribution in [1.29, 1.82) is 0 Å². The maximum Gasteiger partial charge on any atom is 0.0706 e. The molecule has 1 aliphatic carbocycles. The van der Waals surface area contributed by atoms with Crippen molar-refractivity contribution >= 4 is 0 Å². The van der Waals surface area contributed by atoms with Crippen molar-refractivity contribution in [2.45, 2.75) is 32.3 Å². The Kier molecular flexibility index (Phi) is 2.55. The monoisotopic (exact) mass is 158 g/mol. The van der Waals surface area contributed by atoms with Gasteiger partial charge in [0.1, 0.15) is 0 Å². The lowest BCUT2D eigenvalue weighted by molar-refractivity contribution is -0.164. The van der Waals surface area contributed by atoms with E-state index in [9.17, 15) is 0 Å². The number of ether oxygens (including phenoxy) is 1. The van der Waals surface area contributed by atoms with E-state index in [2.05, 4.69) is 13.8 Å². The highest BCUT2D eigenvalue weighted by molar-refractivity contribution is 4.99. The van der Waals surface area contributed by atoms with Crippen LogP contribution in [0.1, 0.15) is 26.7 Å². The number of methoxy groups -OCH3 is 1. The van der Waals surface area contributed by atoms with E-state index in [4.69, 9.17) is 9.84 Å². The van der Waals surface area contributed by atoms with Gasteiger partial charge in [-0.1, -0.05) is 13.3 Å². The lowest BCUT2D eigenvalue weighted by atomic mass is 9.61. The molecule has 0 amide bonds. The van der Waals surface area contributed by atoms with Gasteiger partial charge in [0.2, 0.25) is 0 Å². The van der Waals surface area contributed by atoms with Crippen molar-refractivity contribution in [3.63, 3.8) is 0 Å². The van der Waals surface area contributed by atoms with Gasteiger partial charge in [0.25, 0.3) is 0 Å². The van der Waals surface area contributed by atoms with Crippen LogP contribution in [0.5, 0.6) is 0 Å². The number of hydrogen-bond donors (Lipinski definition) is 1. The first-order valence-electron chi connectivity index (χ1n) is 4.34. The molecule has 1 rings (SSSR count). The summed E-state index contributed by atoms with van der Waals surface area (Å²) >= 11 is 0. The van der Waals surface area contributed by atoms with E-state index in [1.54, 1.807) is 7.11 Å². The fraction of sp³-hybridized carbons (Fsp3) is 1.00. The minimum absolute atomic E-state index is 0.0462. The predicted octanol–water partition coefficient (Wildman–Crippen LogP) is 1.43. The second-order valence-electron chi connectivity index (χ2n) is 3.68. The fourth-order valence-corrected chi connectivity index (χ4v) is 2.16. The first kappa shape index (κ1) is 9.01. The molecule has 1 aliphatic rings. The molecule has 2 heteroatoms. The summed E-state index contributed by atoms with van der Waals surface area (Å²) in [6, 6.07) is 0. The van der Waals surface area contributed by atoms with Gasteiger partial charge in [0, 0.05) is 19.6 Å². The van der Waals surface area contributed by atoms with E-state index in [1.807, 2.05) is 0 Å². The Labute approximate surface area is 68.6 Å². The Balaban J connectivity index is 2.51. The molecule has 0 spiro atoms. The molecule has 11 heavy (non-hydrogen) atoms. The summed E-state index contributed by atoms with van der Waals surface area (Å²) in [5.41, 5.74) is -0.0462. The molecule has 1 saturated carbocycles. The zero-order valence-corrected chi connectivity index (χ0v) is 7.63. The number of hydrogen-bond acceptors (Lipinski definition) is 2. The summed E-state index contributed by atoms with van der Waals surface area (Å²) in [6.45, 7) is 4.52.